The number of halogens is 2. The SMILES string of the molecule is CC(C)(CNC(=O)[C@@H]1CC[C@H](CN)O1)c1ccc(Cl)cc1.Cl. The van der Waals surface area contributed by atoms with Crippen molar-refractivity contribution in [3.63, 3.8) is 0 Å². The zero-order valence-electron chi connectivity index (χ0n) is 13.0. The fourth-order valence-electron chi connectivity index (χ4n) is 2.50. The molecule has 124 valence electrons. The molecule has 0 bridgehead atoms. The largest absolute Gasteiger partial charge is 0.364 e. The van der Waals surface area contributed by atoms with Crippen LogP contribution in [0.15, 0.2) is 24.3 Å². The number of carbonyl (C=O) groups excluding carboxylic acids is 1. The van der Waals surface area contributed by atoms with Gasteiger partial charge in [0.05, 0.1) is 6.10 Å². The molecule has 3 N–H and O–H groups in total. The molecule has 0 radical (unpaired) electrons. The van der Waals surface area contributed by atoms with E-state index in [1.54, 1.807) is 0 Å². The molecule has 2 rings (SSSR count). The molecule has 1 aromatic rings. The molecule has 1 amide bonds. The van der Waals surface area contributed by atoms with Gasteiger partial charge < -0.3 is 15.8 Å². The van der Waals surface area contributed by atoms with Crippen molar-refractivity contribution < 1.29 is 9.53 Å². The van der Waals surface area contributed by atoms with Gasteiger partial charge in [-0.15, -0.1) is 12.4 Å². The van der Waals surface area contributed by atoms with Gasteiger partial charge in [0.25, 0.3) is 0 Å². The smallest absolute Gasteiger partial charge is 0.249 e. The Morgan fingerprint density at radius 1 is 1.36 bits per heavy atom. The van der Waals surface area contributed by atoms with E-state index in [1.807, 2.05) is 24.3 Å². The van der Waals surface area contributed by atoms with Gasteiger partial charge in [0.1, 0.15) is 6.10 Å². The van der Waals surface area contributed by atoms with Crippen LogP contribution < -0.4 is 11.1 Å². The Morgan fingerprint density at radius 2 is 2.00 bits per heavy atom. The lowest BCUT2D eigenvalue weighted by Gasteiger charge is -2.26. The molecule has 1 aromatic carbocycles. The molecule has 0 spiro atoms. The fraction of sp³-hybridized carbons (Fsp3) is 0.562. The van der Waals surface area contributed by atoms with Crippen molar-refractivity contribution in [3.8, 4) is 0 Å². The number of hydrogen-bond acceptors (Lipinski definition) is 3. The molecule has 0 saturated carbocycles. The molecule has 1 saturated heterocycles. The maximum atomic E-state index is 12.1. The summed E-state index contributed by atoms with van der Waals surface area (Å²) in [6.07, 6.45) is 1.26. The summed E-state index contributed by atoms with van der Waals surface area (Å²) >= 11 is 5.91. The van der Waals surface area contributed by atoms with Crippen LogP contribution in [0.1, 0.15) is 32.3 Å². The van der Waals surface area contributed by atoms with Crippen LogP contribution >= 0.6 is 24.0 Å². The molecule has 1 fully saturated rings. The Morgan fingerprint density at radius 3 is 2.55 bits per heavy atom. The van der Waals surface area contributed by atoms with Crippen LogP contribution in [0.25, 0.3) is 0 Å². The van der Waals surface area contributed by atoms with E-state index < -0.39 is 0 Å². The van der Waals surface area contributed by atoms with Crippen LogP contribution in [-0.2, 0) is 14.9 Å². The van der Waals surface area contributed by atoms with Crippen LogP contribution in [0.4, 0.5) is 0 Å². The molecule has 1 aliphatic rings. The first kappa shape index (κ1) is 19.2. The number of hydrogen-bond donors (Lipinski definition) is 2. The fourth-order valence-corrected chi connectivity index (χ4v) is 2.62. The topological polar surface area (TPSA) is 64.4 Å². The lowest BCUT2D eigenvalue weighted by atomic mass is 9.84. The van der Waals surface area contributed by atoms with E-state index in [0.717, 1.165) is 18.4 Å². The predicted octanol–water partition coefficient (Wildman–Crippen LogP) is 2.66. The van der Waals surface area contributed by atoms with E-state index in [1.165, 1.54) is 0 Å². The Balaban J connectivity index is 0.00000242. The molecular weight excluding hydrogens is 323 g/mol. The Bertz CT molecular complexity index is 491. The van der Waals surface area contributed by atoms with Crippen molar-refractivity contribution in [1.29, 1.82) is 0 Å². The number of nitrogens with one attached hydrogen (secondary N) is 1. The maximum absolute atomic E-state index is 12.1. The number of ether oxygens (including phenoxy) is 1. The first-order chi connectivity index (χ1) is 9.92. The van der Waals surface area contributed by atoms with E-state index in [0.29, 0.717) is 18.1 Å². The second kappa shape index (κ2) is 8.16. The third-order valence-corrected chi connectivity index (χ3v) is 4.25. The van der Waals surface area contributed by atoms with Crippen molar-refractivity contribution in [2.45, 2.75) is 44.3 Å². The molecule has 4 nitrogen and oxygen atoms in total. The molecule has 0 unspecified atom stereocenters. The lowest BCUT2D eigenvalue weighted by molar-refractivity contribution is -0.132. The van der Waals surface area contributed by atoms with E-state index >= 15 is 0 Å². The minimum atomic E-state index is -0.362. The molecule has 6 heteroatoms. The predicted molar refractivity (Wildman–Crippen MR) is 91.7 cm³/mol. The zero-order valence-corrected chi connectivity index (χ0v) is 14.5. The van der Waals surface area contributed by atoms with Crippen LogP contribution in [-0.4, -0.2) is 31.2 Å². The molecule has 22 heavy (non-hydrogen) atoms. The third kappa shape index (κ3) is 4.85. The van der Waals surface area contributed by atoms with Gasteiger partial charge in [0.2, 0.25) is 5.91 Å². The number of rotatable bonds is 5. The van der Waals surface area contributed by atoms with E-state index in [9.17, 15) is 4.79 Å². The van der Waals surface area contributed by atoms with E-state index in [2.05, 4.69) is 19.2 Å². The highest BCUT2D eigenvalue weighted by Crippen LogP contribution is 2.24. The van der Waals surface area contributed by atoms with Gasteiger partial charge in [-0.1, -0.05) is 37.6 Å². The van der Waals surface area contributed by atoms with Gasteiger partial charge in [-0.3, -0.25) is 4.79 Å². The number of carbonyl (C=O) groups is 1. The summed E-state index contributed by atoms with van der Waals surface area (Å²) in [7, 11) is 0. The van der Waals surface area contributed by atoms with Crippen molar-refractivity contribution >= 4 is 29.9 Å². The van der Waals surface area contributed by atoms with Crippen molar-refractivity contribution in [2.75, 3.05) is 13.1 Å². The molecule has 2 atom stereocenters. The van der Waals surface area contributed by atoms with Gasteiger partial charge in [-0.25, -0.2) is 0 Å². The maximum Gasteiger partial charge on any atom is 0.249 e. The summed E-state index contributed by atoms with van der Waals surface area (Å²) < 4.78 is 5.60. The molecular formula is C16H24Cl2N2O2. The monoisotopic (exact) mass is 346 g/mol. The second-order valence-electron chi connectivity index (χ2n) is 6.17. The standard InChI is InChI=1S/C16H23ClN2O2.ClH/c1-16(2,11-3-5-12(17)6-4-11)10-19-15(20)14-8-7-13(9-18)21-14;/h3-6,13-14H,7-10,18H2,1-2H3,(H,19,20);1H/t13-,14+;/m1./s1. The van der Waals surface area contributed by atoms with Crippen LogP contribution in [0.3, 0.4) is 0 Å². The third-order valence-electron chi connectivity index (χ3n) is 3.99. The van der Waals surface area contributed by atoms with Gasteiger partial charge in [-0.2, -0.15) is 0 Å². The lowest BCUT2D eigenvalue weighted by Crippen LogP contribution is -2.42. The first-order valence-electron chi connectivity index (χ1n) is 7.31. The number of benzene rings is 1. The van der Waals surface area contributed by atoms with E-state index in [-0.39, 0.29) is 35.9 Å². The molecule has 0 aromatic heterocycles. The summed E-state index contributed by atoms with van der Waals surface area (Å²) in [6.45, 7) is 5.21. The van der Waals surface area contributed by atoms with Crippen molar-refractivity contribution in [2.24, 2.45) is 5.73 Å². The van der Waals surface area contributed by atoms with Gasteiger partial charge in [-0.05, 0) is 30.5 Å². The number of amides is 1. The summed E-state index contributed by atoms with van der Waals surface area (Å²) in [6, 6.07) is 7.72. The molecule has 1 heterocycles. The molecule has 0 aliphatic carbocycles. The minimum Gasteiger partial charge on any atom is -0.364 e. The highest BCUT2D eigenvalue weighted by Gasteiger charge is 2.31. The Kier molecular flexibility index (Phi) is 7.13. The van der Waals surface area contributed by atoms with Crippen molar-refractivity contribution in [1.82, 2.24) is 5.32 Å². The summed E-state index contributed by atoms with van der Waals surface area (Å²) in [4.78, 5) is 12.1. The number of nitrogens with two attached hydrogens (primary N) is 1. The first-order valence-corrected chi connectivity index (χ1v) is 7.69. The average Bonchev–Trinajstić information content (AvgIpc) is 2.94. The summed E-state index contributed by atoms with van der Waals surface area (Å²) in [5.41, 5.74) is 6.54. The average molecular weight is 347 g/mol. The second-order valence-corrected chi connectivity index (χ2v) is 6.60. The summed E-state index contributed by atoms with van der Waals surface area (Å²) in [5.74, 6) is -0.0482. The quantitative estimate of drug-likeness (QED) is 0.861. The highest BCUT2D eigenvalue weighted by molar-refractivity contribution is 6.30. The minimum absolute atomic E-state index is 0. The molecule has 1 aliphatic heterocycles. The van der Waals surface area contributed by atoms with Gasteiger partial charge >= 0.3 is 0 Å². The van der Waals surface area contributed by atoms with Crippen LogP contribution in [0, 0.1) is 0 Å². The Hall–Kier alpha value is -0.810. The van der Waals surface area contributed by atoms with Crippen LogP contribution in [0.2, 0.25) is 5.02 Å². The Labute approximate surface area is 143 Å². The van der Waals surface area contributed by atoms with Gasteiger partial charge in [0, 0.05) is 23.5 Å². The van der Waals surface area contributed by atoms with Gasteiger partial charge in [0.15, 0.2) is 0 Å². The van der Waals surface area contributed by atoms with Crippen LogP contribution in [0.5, 0.6) is 0 Å². The van der Waals surface area contributed by atoms with E-state index in [4.69, 9.17) is 22.1 Å². The summed E-state index contributed by atoms with van der Waals surface area (Å²) in [5, 5.41) is 3.70. The highest BCUT2D eigenvalue weighted by atomic mass is 35.5. The van der Waals surface area contributed by atoms with Crippen molar-refractivity contribution in [3.05, 3.63) is 34.9 Å². The normalized spacial score (nSPS) is 21.3. The zero-order chi connectivity index (χ0) is 15.5.